The van der Waals surface area contributed by atoms with Crippen LogP contribution in [0.1, 0.15) is 42.9 Å². The molecule has 0 saturated heterocycles. The molecule has 1 aromatic carbocycles. The quantitative estimate of drug-likeness (QED) is 0.703. The molecule has 28 heavy (non-hydrogen) atoms. The average molecular weight is 407 g/mol. The molecule has 0 aliphatic rings. The molecule has 150 valence electrons. The van der Waals surface area contributed by atoms with E-state index in [-0.39, 0.29) is 27.6 Å². The number of carbonyl (C=O) groups is 3. The van der Waals surface area contributed by atoms with Crippen molar-refractivity contribution in [2.24, 2.45) is 0 Å². The van der Waals surface area contributed by atoms with Crippen LogP contribution >= 0.6 is 11.3 Å². The number of hydrogen-bond donors (Lipinski definition) is 1. The summed E-state index contributed by atoms with van der Waals surface area (Å²) in [6.45, 7) is 3.41. The van der Waals surface area contributed by atoms with E-state index >= 15 is 0 Å². The minimum absolute atomic E-state index is 0.106. The van der Waals surface area contributed by atoms with Crippen LogP contribution in [0, 0.1) is 6.92 Å². The lowest BCUT2D eigenvalue weighted by molar-refractivity contribution is 0.0527. The fraction of sp³-hybridized carbons (Fsp3) is 0.316. The third-order valence-electron chi connectivity index (χ3n) is 3.88. The van der Waals surface area contributed by atoms with E-state index in [2.05, 4.69) is 5.32 Å². The maximum atomic E-state index is 12.9. The molecule has 2 aromatic rings. The van der Waals surface area contributed by atoms with Crippen molar-refractivity contribution in [1.82, 2.24) is 0 Å². The fourth-order valence-electron chi connectivity index (χ4n) is 2.58. The Hall–Kier alpha value is -3.07. The van der Waals surface area contributed by atoms with E-state index in [1.807, 2.05) is 0 Å². The highest BCUT2D eigenvalue weighted by Gasteiger charge is 2.28. The highest BCUT2D eigenvalue weighted by molar-refractivity contribution is 7.18. The molecule has 0 bridgehead atoms. The number of thiophene rings is 1. The predicted octanol–water partition coefficient (Wildman–Crippen LogP) is 3.29. The van der Waals surface area contributed by atoms with Crippen LogP contribution in [0.2, 0.25) is 0 Å². The van der Waals surface area contributed by atoms with Crippen molar-refractivity contribution in [1.29, 1.82) is 0 Å². The van der Waals surface area contributed by atoms with Gasteiger partial charge in [0.05, 0.1) is 33.5 Å². The first kappa shape index (κ1) is 21.2. The Morgan fingerprint density at radius 1 is 1.00 bits per heavy atom. The van der Waals surface area contributed by atoms with Crippen LogP contribution in [0.5, 0.6) is 11.5 Å². The molecule has 0 spiro atoms. The second-order valence-corrected chi connectivity index (χ2v) is 6.48. The van der Waals surface area contributed by atoms with Crippen LogP contribution in [0.4, 0.5) is 5.00 Å². The van der Waals surface area contributed by atoms with Gasteiger partial charge in [-0.2, -0.15) is 0 Å². The van der Waals surface area contributed by atoms with Crippen LogP contribution in [-0.2, 0) is 9.47 Å². The Morgan fingerprint density at radius 2 is 1.61 bits per heavy atom. The summed E-state index contributed by atoms with van der Waals surface area (Å²) in [5.41, 5.74) is 0.639. The van der Waals surface area contributed by atoms with Crippen LogP contribution in [0.15, 0.2) is 18.2 Å². The van der Waals surface area contributed by atoms with E-state index in [0.29, 0.717) is 17.1 Å². The molecule has 0 aliphatic carbocycles. The van der Waals surface area contributed by atoms with Gasteiger partial charge in [-0.15, -0.1) is 11.3 Å². The van der Waals surface area contributed by atoms with Crippen molar-refractivity contribution < 1.29 is 33.3 Å². The fourth-order valence-corrected chi connectivity index (χ4v) is 3.69. The summed E-state index contributed by atoms with van der Waals surface area (Å²) in [4.78, 5) is 37.6. The van der Waals surface area contributed by atoms with Crippen LogP contribution < -0.4 is 14.8 Å². The third kappa shape index (κ3) is 4.09. The number of benzene rings is 1. The number of carbonyl (C=O) groups excluding carboxylic acids is 3. The summed E-state index contributed by atoms with van der Waals surface area (Å²) in [5.74, 6) is -1.21. The van der Waals surface area contributed by atoms with Gasteiger partial charge in [0.1, 0.15) is 26.9 Å². The molecule has 0 saturated carbocycles. The second-order valence-electron chi connectivity index (χ2n) is 5.46. The zero-order chi connectivity index (χ0) is 20.8. The van der Waals surface area contributed by atoms with Gasteiger partial charge in [-0.25, -0.2) is 9.59 Å². The van der Waals surface area contributed by atoms with Crippen molar-refractivity contribution in [3.63, 3.8) is 0 Å². The molecule has 0 unspecified atom stereocenters. The standard InChI is InChI=1S/C19H21NO7S/c1-6-27-18(22)13-10(2)15(19(23)26-5)28-17(13)20-16(21)14-11(24-3)8-7-9-12(14)25-4/h7-9H,6H2,1-5H3,(H,20,21). The topological polar surface area (TPSA) is 100 Å². The van der Waals surface area contributed by atoms with E-state index in [9.17, 15) is 14.4 Å². The monoisotopic (exact) mass is 407 g/mol. The van der Waals surface area contributed by atoms with Gasteiger partial charge >= 0.3 is 11.9 Å². The van der Waals surface area contributed by atoms with Gasteiger partial charge < -0.3 is 24.3 Å². The van der Waals surface area contributed by atoms with E-state index in [1.54, 1.807) is 32.0 Å². The smallest absolute Gasteiger partial charge is 0.348 e. The van der Waals surface area contributed by atoms with Gasteiger partial charge in [0.25, 0.3) is 5.91 Å². The van der Waals surface area contributed by atoms with Crippen LogP contribution in [0.3, 0.4) is 0 Å². The Labute approximate surface area is 166 Å². The first-order chi connectivity index (χ1) is 13.4. The number of rotatable bonds is 7. The number of ether oxygens (including phenoxy) is 4. The zero-order valence-corrected chi connectivity index (χ0v) is 17.0. The lowest BCUT2D eigenvalue weighted by atomic mass is 10.1. The molecule has 0 radical (unpaired) electrons. The first-order valence-electron chi connectivity index (χ1n) is 8.30. The van der Waals surface area contributed by atoms with E-state index < -0.39 is 17.8 Å². The van der Waals surface area contributed by atoms with Crippen LogP contribution in [0.25, 0.3) is 0 Å². The summed E-state index contributed by atoms with van der Waals surface area (Å²) in [7, 11) is 4.10. The van der Waals surface area contributed by atoms with E-state index in [4.69, 9.17) is 18.9 Å². The summed E-state index contributed by atoms with van der Waals surface area (Å²) in [5, 5.41) is 2.84. The summed E-state index contributed by atoms with van der Waals surface area (Å²) >= 11 is 0.934. The van der Waals surface area contributed by atoms with Crippen molar-refractivity contribution in [3.8, 4) is 11.5 Å². The predicted molar refractivity (Wildman–Crippen MR) is 104 cm³/mol. The van der Waals surface area contributed by atoms with E-state index in [1.165, 1.54) is 21.3 Å². The largest absolute Gasteiger partial charge is 0.496 e. The second kappa shape index (κ2) is 9.23. The Bertz CT molecular complexity index is 882. The van der Waals surface area contributed by atoms with Gasteiger partial charge in [-0.05, 0) is 31.5 Å². The SMILES string of the molecule is CCOC(=O)c1c(NC(=O)c2c(OC)cccc2OC)sc(C(=O)OC)c1C. The lowest BCUT2D eigenvalue weighted by Gasteiger charge is -2.13. The molecule has 0 atom stereocenters. The molecule has 9 heteroatoms. The van der Waals surface area contributed by atoms with Crippen molar-refractivity contribution >= 4 is 34.2 Å². The number of methoxy groups -OCH3 is 3. The van der Waals surface area contributed by atoms with Crippen LogP contribution in [-0.4, -0.2) is 45.8 Å². The minimum Gasteiger partial charge on any atom is -0.496 e. The molecular weight excluding hydrogens is 386 g/mol. The Balaban J connectivity index is 2.52. The molecule has 1 N–H and O–H groups in total. The molecule has 1 heterocycles. The molecule has 1 amide bonds. The van der Waals surface area contributed by atoms with Crippen molar-refractivity contribution in [2.45, 2.75) is 13.8 Å². The maximum absolute atomic E-state index is 12.9. The summed E-state index contributed by atoms with van der Waals surface area (Å²) in [6, 6.07) is 4.91. The summed E-state index contributed by atoms with van der Waals surface area (Å²) < 4.78 is 20.3. The molecule has 0 aliphatic heterocycles. The average Bonchev–Trinajstić information content (AvgIpc) is 3.02. The van der Waals surface area contributed by atoms with Gasteiger partial charge in [-0.3, -0.25) is 4.79 Å². The minimum atomic E-state index is -0.645. The van der Waals surface area contributed by atoms with Gasteiger partial charge in [0.2, 0.25) is 0 Å². The number of hydrogen-bond acceptors (Lipinski definition) is 8. The normalized spacial score (nSPS) is 10.2. The lowest BCUT2D eigenvalue weighted by Crippen LogP contribution is -2.16. The van der Waals surface area contributed by atoms with Gasteiger partial charge in [0, 0.05) is 0 Å². The van der Waals surface area contributed by atoms with E-state index in [0.717, 1.165) is 11.3 Å². The molecule has 0 fully saturated rings. The number of amides is 1. The van der Waals surface area contributed by atoms with Gasteiger partial charge in [-0.1, -0.05) is 6.07 Å². The third-order valence-corrected chi connectivity index (χ3v) is 5.07. The highest BCUT2D eigenvalue weighted by Crippen LogP contribution is 2.36. The number of nitrogens with one attached hydrogen (secondary N) is 1. The number of esters is 2. The molecule has 1 aromatic heterocycles. The first-order valence-corrected chi connectivity index (χ1v) is 9.12. The molecule has 8 nitrogen and oxygen atoms in total. The molecule has 2 rings (SSSR count). The van der Waals surface area contributed by atoms with Crippen molar-refractivity contribution in [2.75, 3.05) is 33.3 Å². The summed E-state index contributed by atoms with van der Waals surface area (Å²) in [6.07, 6.45) is 0. The Kier molecular flexibility index (Phi) is 7.00. The Morgan fingerprint density at radius 3 is 2.11 bits per heavy atom. The zero-order valence-electron chi connectivity index (χ0n) is 16.2. The maximum Gasteiger partial charge on any atom is 0.348 e. The molecular formula is C19H21NO7S. The van der Waals surface area contributed by atoms with Gasteiger partial charge in [0.15, 0.2) is 0 Å². The highest BCUT2D eigenvalue weighted by atomic mass is 32.1. The van der Waals surface area contributed by atoms with Crippen molar-refractivity contribution in [3.05, 3.63) is 39.8 Å². The number of anilines is 1.